The predicted octanol–water partition coefficient (Wildman–Crippen LogP) is 3.07. The lowest BCUT2D eigenvalue weighted by atomic mass is 10.2. The van der Waals surface area contributed by atoms with Crippen molar-refractivity contribution in [2.75, 3.05) is 39.8 Å². The lowest BCUT2D eigenvalue weighted by molar-refractivity contribution is -0.140. The molecule has 0 fully saturated rings. The predicted molar refractivity (Wildman–Crippen MR) is 115 cm³/mol. The molecule has 0 spiro atoms. The zero-order valence-corrected chi connectivity index (χ0v) is 19.8. The molecule has 0 saturated carbocycles. The first-order valence-electron chi connectivity index (χ1n) is 10.6. The quantitative estimate of drug-likeness (QED) is 0.278. The van der Waals surface area contributed by atoms with E-state index in [0.717, 1.165) is 19.4 Å². The van der Waals surface area contributed by atoms with Gasteiger partial charge in [-0.25, -0.2) is 9.59 Å². The van der Waals surface area contributed by atoms with Crippen LogP contribution in [0.2, 0.25) is 0 Å². The molecule has 176 valence electrons. The summed E-state index contributed by atoms with van der Waals surface area (Å²) in [6.45, 7) is 13.7. The maximum atomic E-state index is 12.5. The Kier molecular flexibility index (Phi) is 13.1. The van der Waals surface area contributed by atoms with Crippen LogP contribution in [0, 0.1) is 0 Å². The first-order chi connectivity index (χ1) is 13.8. The summed E-state index contributed by atoms with van der Waals surface area (Å²) in [5.74, 6) is -0.237. The van der Waals surface area contributed by atoms with Gasteiger partial charge in [0.25, 0.3) is 0 Å². The number of amides is 2. The number of unbranched alkanes of at least 4 members (excludes halogenated alkanes) is 1. The maximum absolute atomic E-state index is 12.5. The zero-order chi connectivity index (χ0) is 23.2. The minimum absolute atomic E-state index is 0.237. The van der Waals surface area contributed by atoms with E-state index >= 15 is 0 Å². The summed E-state index contributed by atoms with van der Waals surface area (Å²) in [6.07, 6.45) is 1.75. The van der Waals surface area contributed by atoms with Gasteiger partial charge in [0.2, 0.25) is 0 Å². The van der Waals surface area contributed by atoms with Gasteiger partial charge in [0.1, 0.15) is 11.2 Å². The summed E-state index contributed by atoms with van der Waals surface area (Å²) in [7, 11) is 1.37. The molecule has 0 bridgehead atoms. The third-order valence-corrected chi connectivity index (χ3v) is 3.69. The highest BCUT2D eigenvalue weighted by atomic mass is 16.6. The molecular weight excluding hydrogens is 390 g/mol. The highest BCUT2D eigenvalue weighted by Gasteiger charge is 2.22. The zero-order valence-electron chi connectivity index (χ0n) is 19.8. The van der Waals surface area contributed by atoms with Crippen molar-refractivity contribution in [1.29, 1.82) is 0 Å². The minimum atomic E-state index is -0.570. The molecular formula is C21H41N3O6. The Morgan fingerprint density at radius 3 is 1.97 bits per heavy atom. The topological polar surface area (TPSA) is 106 Å². The first-order valence-corrected chi connectivity index (χ1v) is 10.6. The van der Waals surface area contributed by atoms with Gasteiger partial charge in [0.15, 0.2) is 0 Å². The van der Waals surface area contributed by atoms with Gasteiger partial charge in [-0.2, -0.15) is 0 Å². The van der Waals surface area contributed by atoms with E-state index in [0.29, 0.717) is 39.0 Å². The van der Waals surface area contributed by atoms with Gasteiger partial charge in [-0.15, -0.1) is 0 Å². The lowest BCUT2D eigenvalue weighted by Gasteiger charge is -2.27. The smallest absolute Gasteiger partial charge is 0.410 e. The van der Waals surface area contributed by atoms with E-state index in [1.54, 1.807) is 25.7 Å². The number of hydrogen-bond acceptors (Lipinski definition) is 7. The summed E-state index contributed by atoms with van der Waals surface area (Å²) in [5, 5.41) is 5.88. The second-order valence-electron chi connectivity index (χ2n) is 9.03. The van der Waals surface area contributed by atoms with Crippen LogP contribution in [-0.2, 0) is 19.0 Å². The molecule has 0 aromatic heterocycles. The van der Waals surface area contributed by atoms with E-state index < -0.39 is 17.3 Å². The SMILES string of the molecule is COC(=O)CCNCCCCN(CCCNC(=O)OC(C)(C)C)C(=O)OC(C)(C)C. The Balaban J connectivity index is 4.31. The first kappa shape index (κ1) is 28.0. The number of ether oxygens (including phenoxy) is 3. The summed E-state index contributed by atoms with van der Waals surface area (Å²) in [6, 6.07) is 0. The number of carbonyl (C=O) groups is 3. The Morgan fingerprint density at radius 1 is 0.800 bits per heavy atom. The number of nitrogens with one attached hydrogen (secondary N) is 2. The molecule has 0 unspecified atom stereocenters. The second kappa shape index (κ2) is 14.1. The van der Waals surface area contributed by atoms with Crippen LogP contribution in [-0.4, -0.2) is 74.1 Å². The normalized spacial score (nSPS) is 11.6. The fourth-order valence-corrected chi connectivity index (χ4v) is 2.37. The molecule has 0 aliphatic heterocycles. The molecule has 0 saturated heterocycles. The number of hydrogen-bond donors (Lipinski definition) is 2. The van der Waals surface area contributed by atoms with E-state index in [4.69, 9.17) is 9.47 Å². The molecule has 9 heteroatoms. The monoisotopic (exact) mass is 431 g/mol. The van der Waals surface area contributed by atoms with Crippen molar-refractivity contribution in [2.24, 2.45) is 0 Å². The van der Waals surface area contributed by atoms with Gasteiger partial charge in [-0.1, -0.05) is 0 Å². The Morgan fingerprint density at radius 2 is 1.40 bits per heavy atom. The number of nitrogens with zero attached hydrogens (tertiary/aromatic N) is 1. The van der Waals surface area contributed by atoms with Crippen LogP contribution < -0.4 is 10.6 Å². The summed E-state index contributed by atoms with van der Waals surface area (Å²) >= 11 is 0. The van der Waals surface area contributed by atoms with Gasteiger partial charge >= 0.3 is 18.2 Å². The number of esters is 1. The van der Waals surface area contributed by atoms with Crippen molar-refractivity contribution in [3.8, 4) is 0 Å². The van der Waals surface area contributed by atoms with Gasteiger partial charge in [-0.05, 0) is 67.3 Å². The van der Waals surface area contributed by atoms with E-state index in [9.17, 15) is 14.4 Å². The molecule has 0 aliphatic rings. The molecule has 0 atom stereocenters. The average molecular weight is 432 g/mol. The molecule has 30 heavy (non-hydrogen) atoms. The summed E-state index contributed by atoms with van der Waals surface area (Å²) < 4.78 is 15.3. The van der Waals surface area contributed by atoms with Crippen LogP contribution in [0.25, 0.3) is 0 Å². The lowest BCUT2D eigenvalue weighted by Crippen LogP contribution is -2.39. The number of alkyl carbamates (subject to hydrolysis) is 1. The molecule has 9 nitrogen and oxygen atoms in total. The molecule has 0 rings (SSSR count). The number of carbonyl (C=O) groups excluding carboxylic acids is 3. The van der Waals surface area contributed by atoms with Gasteiger partial charge in [-0.3, -0.25) is 4.79 Å². The molecule has 0 radical (unpaired) electrons. The standard InChI is InChI=1S/C21H41N3O6/c1-20(2,3)29-18(26)23-13-10-16-24(19(27)30-21(4,5)6)15-9-8-12-22-14-11-17(25)28-7/h22H,8-16H2,1-7H3,(H,23,26). The van der Waals surface area contributed by atoms with Crippen molar-refractivity contribution >= 4 is 18.2 Å². The van der Waals surface area contributed by atoms with Gasteiger partial charge in [0, 0.05) is 26.2 Å². The van der Waals surface area contributed by atoms with Gasteiger partial charge < -0.3 is 29.7 Å². The average Bonchev–Trinajstić information content (AvgIpc) is 2.59. The van der Waals surface area contributed by atoms with E-state index in [1.165, 1.54) is 7.11 Å². The largest absolute Gasteiger partial charge is 0.469 e. The van der Waals surface area contributed by atoms with E-state index in [2.05, 4.69) is 15.4 Å². The second-order valence-corrected chi connectivity index (χ2v) is 9.03. The number of rotatable bonds is 12. The fraction of sp³-hybridized carbons (Fsp3) is 0.857. The Labute approximate surface area is 181 Å². The molecule has 0 aliphatic carbocycles. The minimum Gasteiger partial charge on any atom is -0.469 e. The Hall–Kier alpha value is -2.03. The molecule has 0 aromatic carbocycles. The van der Waals surface area contributed by atoms with Crippen molar-refractivity contribution in [2.45, 2.75) is 78.4 Å². The fourth-order valence-electron chi connectivity index (χ4n) is 2.37. The van der Waals surface area contributed by atoms with Gasteiger partial charge in [0.05, 0.1) is 13.5 Å². The van der Waals surface area contributed by atoms with E-state index in [1.807, 2.05) is 20.8 Å². The number of methoxy groups -OCH3 is 1. The van der Waals surface area contributed by atoms with Crippen LogP contribution in [0.1, 0.15) is 67.2 Å². The third kappa shape index (κ3) is 16.9. The molecule has 2 amide bonds. The van der Waals surface area contributed by atoms with Crippen LogP contribution in [0.5, 0.6) is 0 Å². The van der Waals surface area contributed by atoms with Crippen LogP contribution >= 0.6 is 0 Å². The van der Waals surface area contributed by atoms with Crippen molar-refractivity contribution in [3.05, 3.63) is 0 Å². The molecule has 2 N–H and O–H groups in total. The molecule has 0 aromatic rings. The Bertz CT molecular complexity index is 526. The maximum Gasteiger partial charge on any atom is 0.410 e. The van der Waals surface area contributed by atoms with Crippen LogP contribution in [0.3, 0.4) is 0 Å². The van der Waals surface area contributed by atoms with Crippen molar-refractivity contribution in [1.82, 2.24) is 15.5 Å². The van der Waals surface area contributed by atoms with E-state index in [-0.39, 0.29) is 12.1 Å². The highest BCUT2D eigenvalue weighted by molar-refractivity contribution is 5.69. The highest BCUT2D eigenvalue weighted by Crippen LogP contribution is 2.11. The summed E-state index contributed by atoms with van der Waals surface area (Å²) in [5.41, 5.74) is -1.11. The third-order valence-electron chi connectivity index (χ3n) is 3.69. The van der Waals surface area contributed by atoms with Crippen LogP contribution in [0.15, 0.2) is 0 Å². The van der Waals surface area contributed by atoms with Crippen molar-refractivity contribution < 1.29 is 28.6 Å². The summed E-state index contributed by atoms with van der Waals surface area (Å²) in [4.78, 5) is 36.9. The van der Waals surface area contributed by atoms with Crippen LogP contribution in [0.4, 0.5) is 9.59 Å². The molecule has 0 heterocycles. The van der Waals surface area contributed by atoms with Crippen molar-refractivity contribution in [3.63, 3.8) is 0 Å².